The highest BCUT2D eigenvalue weighted by atomic mass is 35.5. The van der Waals surface area contributed by atoms with Crippen molar-refractivity contribution in [1.82, 2.24) is 4.31 Å². The third kappa shape index (κ3) is 4.72. The number of carbonyl (C=O) groups excluding carboxylic acids is 1. The highest BCUT2D eigenvalue weighted by molar-refractivity contribution is 7.89. The van der Waals surface area contributed by atoms with Crippen LogP contribution in [0.25, 0.3) is 11.0 Å². The minimum Gasteiger partial charge on any atom is -0.457 e. The van der Waals surface area contributed by atoms with Gasteiger partial charge in [-0.15, -0.1) is 0 Å². The molecule has 32 heavy (non-hydrogen) atoms. The second-order valence-electron chi connectivity index (χ2n) is 7.33. The summed E-state index contributed by atoms with van der Waals surface area (Å²) in [6.07, 6.45) is 0. The fourth-order valence-corrected chi connectivity index (χ4v) is 5.32. The standard InChI is InChI=1S/C23H24ClNO6S/c1-5-25(6-2)32(28,29)21-11-16(7-8-19(21)24)23(27)30-13-17-12-22(26)31-20-10-15(4)14(3)9-18(17)20/h7-12H,5-6,13H2,1-4H3. The summed E-state index contributed by atoms with van der Waals surface area (Å²) in [7, 11) is -3.86. The number of carbonyl (C=O) groups is 1. The summed E-state index contributed by atoms with van der Waals surface area (Å²) in [6, 6.07) is 8.88. The predicted molar refractivity (Wildman–Crippen MR) is 123 cm³/mol. The van der Waals surface area contributed by atoms with E-state index in [-0.39, 0.29) is 35.2 Å². The fraction of sp³-hybridized carbons (Fsp3) is 0.304. The molecule has 1 aromatic heterocycles. The molecule has 0 aliphatic rings. The van der Waals surface area contributed by atoms with Gasteiger partial charge in [-0.05, 0) is 55.3 Å². The first-order valence-electron chi connectivity index (χ1n) is 10.1. The molecule has 0 bridgehead atoms. The summed E-state index contributed by atoms with van der Waals surface area (Å²) in [5.74, 6) is -0.733. The van der Waals surface area contributed by atoms with E-state index in [1.54, 1.807) is 19.9 Å². The van der Waals surface area contributed by atoms with Crippen molar-refractivity contribution in [3.8, 4) is 0 Å². The number of aryl methyl sites for hydroxylation is 2. The van der Waals surface area contributed by atoms with Gasteiger partial charge in [-0.3, -0.25) is 0 Å². The molecule has 0 N–H and O–H groups in total. The van der Waals surface area contributed by atoms with E-state index in [0.29, 0.717) is 16.5 Å². The normalized spacial score (nSPS) is 11.8. The predicted octanol–water partition coefficient (Wildman–Crippen LogP) is 4.45. The molecule has 0 aliphatic heterocycles. The molecule has 0 radical (unpaired) electrons. The molecular formula is C23H24ClNO6S. The van der Waals surface area contributed by atoms with Crippen molar-refractivity contribution in [2.45, 2.75) is 39.2 Å². The van der Waals surface area contributed by atoms with Gasteiger partial charge in [0, 0.05) is 30.1 Å². The van der Waals surface area contributed by atoms with E-state index in [4.69, 9.17) is 20.8 Å². The van der Waals surface area contributed by atoms with Crippen LogP contribution in [0.4, 0.5) is 0 Å². The largest absolute Gasteiger partial charge is 0.457 e. The second-order valence-corrected chi connectivity index (χ2v) is 9.65. The quantitative estimate of drug-likeness (QED) is 0.368. The molecule has 3 aromatic rings. The number of esters is 1. The van der Waals surface area contributed by atoms with Gasteiger partial charge in [0.15, 0.2) is 0 Å². The van der Waals surface area contributed by atoms with E-state index in [2.05, 4.69) is 0 Å². The number of halogens is 1. The maximum Gasteiger partial charge on any atom is 0.338 e. The summed E-state index contributed by atoms with van der Waals surface area (Å²) < 4.78 is 37.6. The minimum atomic E-state index is -3.86. The molecule has 0 unspecified atom stereocenters. The fourth-order valence-electron chi connectivity index (χ4n) is 3.36. The molecule has 0 spiro atoms. The lowest BCUT2D eigenvalue weighted by Crippen LogP contribution is -2.31. The van der Waals surface area contributed by atoms with Crippen LogP contribution in [0.1, 0.15) is 40.9 Å². The molecule has 0 saturated heterocycles. The summed E-state index contributed by atoms with van der Waals surface area (Å²) in [4.78, 5) is 24.5. The number of benzene rings is 2. The van der Waals surface area contributed by atoms with Crippen molar-refractivity contribution in [2.24, 2.45) is 0 Å². The average molecular weight is 478 g/mol. The number of rotatable bonds is 7. The number of ether oxygens (including phenoxy) is 1. The topological polar surface area (TPSA) is 93.9 Å². The third-order valence-electron chi connectivity index (χ3n) is 5.29. The molecular weight excluding hydrogens is 454 g/mol. The van der Waals surface area contributed by atoms with Gasteiger partial charge in [-0.2, -0.15) is 4.31 Å². The Kier molecular flexibility index (Phi) is 7.07. The van der Waals surface area contributed by atoms with E-state index in [1.165, 1.54) is 28.6 Å². The molecule has 0 saturated carbocycles. The van der Waals surface area contributed by atoms with Gasteiger partial charge in [0.1, 0.15) is 17.1 Å². The Morgan fingerprint density at radius 3 is 2.38 bits per heavy atom. The van der Waals surface area contributed by atoms with E-state index >= 15 is 0 Å². The lowest BCUT2D eigenvalue weighted by Gasteiger charge is -2.19. The van der Waals surface area contributed by atoms with Gasteiger partial charge in [0.25, 0.3) is 0 Å². The van der Waals surface area contributed by atoms with E-state index < -0.39 is 21.6 Å². The van der Waals surface area contributed by atoms with Gasteiger partial charge in [0.05, 0.1) is 10.6 Å². The zero-order valence-electron chi connectivity index (χ0n) is 18.3. The SMILES string of the molecule is CCN(CC)S(=O)(=O)c1cc(C(=O)OCc2cc(=O)oc3cc(C)c(C)cc23)ccc1Cl. The van der Waals surface area contributed by atoms with Crippen molar-refractivity contribution < 1.29 is 22.4 Å². The number of hydrogen-bond acceptors (Lipinski definition) is 6. The zero-order valence-corrected chi connectivity index (χ0v) is 19.8. The zero-order chi connectivity index (χ0) is 23.6. The van der Waals surface area contributed by atoms with Crippen LogP contribution in [-0.4, -0.2) is 31.8 Å². The summed E-state index contributed by atoms with van der Waals surface area (Å²) in [6.45, 7) is 7.64. The van der Waals surface area contributed by atoms with Crippen LogP contribution in [0.3, 0.4) is 0 Å². The highest BCUT2D eigenvalue weighted by Gasteiger charge is 2.26. The second kappa shape index (κ2) is 9.44. The molecule has 2 aromatic carbocycles. The Hall–Kier alpha value is -2.68. The molecule has 0 amide bonds. The molecule has 170 valence electrons. The van der Waals surface area contributed by atoms with Crippen LogP contribution in [0.5, 0.6) is 0 Å². The number of fused-ring (bicyclic) bond motifs is 1. The molecule has 7 nitrogen and oxygen atoms in total. The number of hydrogen-bond donors (Lipinski definition) is 0. The van der Waals surface area contributed by atoms with Gasteiger partial charge in [-0.25, -0.2) is 18.0 Å². The molecule has 9 heteroatoms. The van der Waals surface area contributed by atoms with E-state index in [9.17, 15) is 18.0 Å². The maximum absolute atomic E-state index is 12.9. The van der Waals surface area contributed by atoms with Crippen LogP contribution >= 0.6 is 11.6 Å². The third-order valence-corrected chi connectivity index (χ3v) is 7.82. The van der Waals surface area contributed by atoms with Crippen molar-refractivity contribution in [2.75, 3.05) is 13.1 Å². The Morgan fingerprint density at radius 1 is 1.06 bits per heavy atom. The molecule has 3 rings (SSSR count). The smallest absolute Gasteiger partial charge is 0.338 e. The highest BCUT2D eigenvalue weighted by Crippen LogP contribution is 2.27. The first-order chi connectivity index (χ1) is 15.1. The molecule has 0 atom stereocenters. The van der Waals surface area contributed by atoms with Crippen LogP contribution in [-0.2, 0) is 21.4 Å². The van der Waals surface area contributed by atoms with Gasteiger partial charge >= 0.3 is 11.6 Å². The monoisotopic (exact) mass is 477 g/mol. The van der Waals surface area contributed by atoms with Gasteiger partial charge < -0.3 is 9.15 Å². The van der Waals surface area contributed by atoms with E-state index in [1.807, 2.05) is 19.9 Å². The first-order valence-corrected chi connectivity index (χ1v) is 11.9. The number of nitrogens with zero attached hydrogens (tertiary/aromatic N) is 1. The first kappa shape index (κ1) is 24.0. The Bertz CT molecular complexity index is 1340. The van der Waals surface area contributed by atoms with Crippen LogP contribution < -0.4 is 5.63 Å². The van der Waals surface area contributed by atoms with E-state index in [0.717, 1.165) is 11.1 Å². The summed E-state index contributed by atoms with van der Waals surface area (Å²) in [5, 5.41) is 0.687. The lowest BCUT2D eigenvalue weighted by atomic mass is 10.0. The molecule has 1 heterocycles. The minimum absolute atomic E-state index is 0.0194. The summed E-state index contributed by atoms with van der Waals surface area (Å²) >= 11 is 6.12. The van der Waals surface area contributed by atoms with Crippen LogP contribution in [0, 0.1) is 13.8 Å². The summed E-state index contributed by atoms with van der Waals surface area (Å²) in [5.41, 5.74) is 2.37. The maximum atomic E-state index is 12.9. The molecule has 0 fully saturated rings. The molecule has 0 aliphatic carbocycles. The van der Waals surface area contributed by atoms with Crippen molar-refractivity contribution in [3.63, 3.8) is 0 Å². The lowest BCUT2D eigenvalue weighted by molar-refractivity contribution is 0.0473. The Labute approximate surface area is 191 Å². The van der Waals surface area contributed by atoms with Gasteiger partial charge in [0.2, 0.25) is 10.0 Å². The number of sulfonamides is 1. The van der Waals surface area contributed by atoms with Gasteiger partial charge in [-0.1, -0.05) is 25.4 Å². The van der Waals surface area contributed by atoms with Crippen LogP contribution in [0.2, 0.25) is 5.02 Å². The Morgan fingerprint density at radius 2 is 1.72 bits per heavy atom. The van der Waals surface area contributed by atoms with Crippen molar-refractivity contribution >= 4 is 38.6 Å². The van der Waals surface area contributed by atoms with Crippen LogP contribution in [0.15, 0.2) is 50.5 Å². The average Bonchev–Trinajstić information content (AvgIpc) is 2.74. The van der Waals surface area contributed by atoms with Crippen molar-refractivity contribution in [1.29, 1.82) is 0 Å². The van der Waals surface area contributed by atoms with Crippen molar-refractivity contribution in [3.05, 3.63) is 74.1 Å². The Balaban J connectivity index is 1.91.